The summed E-state index contributed by atoms with van der Waals surface area (Å²) in [6, 6.07) is 0. The standard InChI is InChI=1S/C9H15NO3/c1-4-9(2,3)6-5-7(11)10(13)8(6)12/h6,13H,4-5H2,1-3H3. The van der Waals surface area contributed by atoms with Crippen molar-refractivity contribution >= 4 is 11.8 Å². The largest absolute Gasteiger partial charge is 0.279 e. The van der Waals surface area contributed by atoms with E-state index >= 15 is 0 Å². The quantitative estimate of drug-likeness (QED) is 0.519. The van der Waals surface area contributed by atoms with Crippen molar-refractivity contribution in [1.29, 1.82) is 0 Å². The van der Waals surface area contributed by atoms with Gasteiger partial charge in [0.15, 0.2) is 0 Å². The Kier molecular flexibility index (Phi) is 2.43. The van der Waals surface area contributed by atoms with Crippen molar-refractivity contribution in [2.75, 3.05) is 0 Å². The van der Waals surface area contributed by atoms with Crippen molar-refractivity contribution in [2.45, 2.75) is 33.6 Å². The van der Waals surface area contributed by atoms with E-state index in [1.54, 1.807) is 0 Å². The molecule has 2 amide bonds. The monoisotopic (exact) mass is 185 g/mol. The Balaban J connectivity index is 2.86. The number of rotatable bonds is 2. The summed E-state index contributed by atoms with van der Waals surface area (Å²) in [7, 11) is 0. The van der Waals surface area contributed by atoms with Gasteiger partial charge in [-0.25, -0.2) is 0 Å². The highest BCUT2D eigenvalue weighted by atomic mass is 16.5. The fourth-order valence-electron chi connectivity index (χ4n) is 1.48. The number of imide groups is 1. The van der Waals surface area contributed by atoms with Crippen molar-refractivity contribution in [3.05, 3.63) is 0 Å². The highest BCUT2D eigenvalue weighted by Crippen LogP contribution is 2.37. The van der Waals surface area contributed by atoms with Crippen LogP contribution in [0, 0.1) is 11.3 Å². The van der Waals surface area contributed by atoms with Crippen LogP contribution in [-0.2, 0) is 9.59 Å². The van der Waals surface area contributed by atoms with Gasteiger partial charge in [-0.05, 0) is 5.41 Å². The van der Waals surface area contributed by atoms with Crippen LogP contribution in [0.15, 0.2) is 0 Å². The van der Waals surface area contributed by atoms with E-state index in [-0.39, 0.29) is 22.8 Å². The van der Waals surface area contributed by atoms with Gasteiger partial charge in [-0.3, -0.25) is 14.8 Å². The van der Waals surface area contributed by atoms with Crippen molar-refractivity contribution in [1.82, 2.24) is 5.06 Å². The van der Waals surface area contributed by atoms with E-state index in [0.29, 0.717) is 0 Å². The third kappa shape index (κ3) is 1.58. The Morgan fingerprint density at radius 3 is 2.38 bits per heavy atom. The molecule has 74 valence electrons. The van der Waals surface area contributed by atoms with Gasteiger partial charge in [-0.2, -0.15) is 5.06 Å². The van der Waals surface area contributed by atoms with Crippen LogP contribution in [0.1, 0.15) is 33.6 Å². The molecule has 0 bridgehead atoms. The molecule has 1 aliphatic rings. The zero-order valence-corrected chi connectivity index (χ0v) is 8.20. The van der Waals surface area contributed by atoms with Gasteiger partial charge in [0, 0.05) is 6.42 Å². The first-order valence-corrected chi connectivity index (χ1v) is 4.46. The molecule has 1 N–H and O–H groups in total. The van der Waals surface area contributed by atoms with Gasteiger partial charge in [-0.1, -0.05) is 27.2 Å². The molecule has 1 heterocycles. The Morgan fingerprint density at radius 1 is 1.54 bits per heavy atom. The summed E-state index contributed by atoms with van der Waals surface area (Å²) in [6.45, 7) is 5.84. The fraction of sp³-hybridized carbons (Fsp3) is 0.778. The molecule has 4 heteroatoms. The van der Waals surface area contributed by atoms with Gasteiger partial charge in [0.05, 0.1) is 5.92 Å². The summed E-state index contributed by atoms with van der Waals surface area (Å²) in [5.41, 5.74) is -0.218. The van der Waals surface area contributed by atoms with E-state index < -0.39 is 11.8 Å². The predicted molar refractivity (Wildman–Crippen MR) is 45.8 cm³/mol. The van der Waals surface area contributed by atoms with E-state index in [4.69, 9.17) is 5.21 Å². The number of amides is 2. The van der Waals surface area contributed by atoms with E-state index in [1.165, 1.54) is 0 Å². The van der Waals surface area contributed by atoms with Crippen LogP contribution in [0.25, 0.3) is 0 Å². The van der Waals surface area contributed by atoms with Crippen molar-refractivity contribution < 1.29 is 14.8 Å². The number of nitrogens with zero attached hydrogens (tertiary/aromatic N) is 1. The van der Waals surface area contributed by atoms with Crippen molar-refractivity contribution in [3.63, 3.8) is 0 Å². The topological polar surface area (TPSA) is 57.6 Å². The smallest absolute Gasteiger partial charge is 0.257 e. The summed E-state index contributed by atoms with van der Waals surface area (Å²) >= 11 is 0. The zero-order valence-electron chi connectivity index (χ0n) is 8.20. The van der Waals surface area contributed by atoms with Crippen LogP contribution in [0.2, 0.25) is 0 Å². The molecule has 4 nitrogen and oxygen atoms in total. The normalized spacial score (nSPS) is 24.3. The molecule has 0 aromatic rings. The molecule has 13 heavy (non-hydrogen) atoms. The first-order chi connectivity index (χ1) is 5.90. The molecule has 1 fully saturated rings. The molecular weight excluding hydrogens is 170 g/mol. The maximum absolute atomic E-state index is 11.4. The van der Waals surface area contributed by atoms with Crippen LogP contribution in [0.4, 0.5) is 0 Å². The summed E-state index contributed by atoms with van der Waals surface area (Å²) in [4.78, 5) is 22.4. The first-order valence-electron chi connectivity index (χ1n) is 4.46. The number of hydrogen-bond acceptors (Lipinski definition) is 3. The average Bonchev–Trinajstić information content (AvgIpc) is 2.33. The number of hydrogen-bond donors (Lipinski definition) is 1. The van der Waals surface area contributed by atoms with Crippen LogP contribution < -0.4 is 0 Å². The van der Waals surface area contributed by atoms with Gasteiger partial charge in [-0.15, -0.1) is 0 Å². The molecule has 0 aromatic heterocycles. The van der Waals surface area contributed by atoms with E-state index in [0.717, 1.165) is 6.42 Å². The number of carbonyl (C=O) groups excluding carboxylic acids is 2. The number of carbonyl (C=O) groups is 2. The lowest BCUT2D eigenvalue weighted by Crippen LogP contribution is -2.32. The van der Waals surface area contributed by atoms with Gasteiger partial charge in [0.1, 0.15) is 0 Å². The molecule has 1 aliphatic heterocycles. The molecule has 1 saturated heterocycles. The SMILES string of the molecule is CCC(C)(C)C1CC(=O)N(O)C1=O. The lowest BCUT2D eigenvalue weighted by atomic mass is 9.76. The minimum atomic E-state index is -0.489. The van der Waals surface area contributed by atoms with Crippen LogP contribution in [0.3, 0.4) is 0 Å². The Labute approximate surface area is 77.5 Å². The van der Waals surface area contributed by atoms with Crippen LogP contribution >= 0.6 is 0 Å². The van der Waals surface area contributed by atoms with E-state index in [1.807, 2.05) is 20.8 Å². The summed E-state index contributed by atoms with van der Waals surface area (Å²) in [5, 5.41) is 9.28. The molecule has 1 rings (SSSR count). The van der Waals surface area contributed by atoms with Crippen LogP contribution in [0.5, 0.6) is 0 Å². The molecule has 0 aliphatic carbocycles. The highest BCUT2D eigenvalue weighted by molar-refractivity contribution is 6.02. The third-order valence-electron chi connectivity index (χ3n) is 2.98. The Morgan fingerprint density at radius 2 is 2.08 bits per heavy atom. The second-order valence-electron chi connectivity index (χ2n) is 4.14. The first kappa shape index (κ1) is 10.2. The van der Waals surface area contributed by atoms with Crippen LogP contribution in [-0.4, -0.2) is 22.1 Å². The van der Waals surface area contributed by atoms with Gasteiger partial charge in [0.2, 0.25) is 0 Å². The fourth-order valence-corrected chi connectivity index (χ4v) is 1.48. The molecule has 0 radical (unpaired) electrons. The van der Waals surface area contributed by atoms with Crippen molar-refractivity contribution in [3.8, 4) is 0 Å². The zero-order chi connectivity index (χ0) is 10.2. The molecular formula is C9H15NO3. The summed E-state index contributed by atoms with van der Waals surface area (Å²) < 4.78 is 0. The molecule has 1 unspecified atom stereocenters. The summed E-state index contributed by atoms with van der Waals surface area (Å²) in [6.07, 6.45) is 0.945. The van der Waals surface area contributed by atoms with Crippen molar-refractivity contribution in [2.24, 2.45) is 11.3 Å². The Bertz CT molecular complexity index is 247. The number of hydroxylamine groups is 2. The predicted octanol–water partition coefficient (Wildman–Crippen LogP) is 1.19. The van der Waals surface area contributed by atoms with Gasteiger partial charge >= 0.3 is 0 Å². The minimum absolute atomic E-state index is 0.135. The molecule has 0 saturated carbocycles. The maximum atomic E-state index is 11.4. The second kappa shape index (κ2) is 3.10. The third-order valence-corrected chi connectivity index (χ3v) is 2.98. The van der Waals surface area contributed by atoms with E-state index in [2.05, 4.69) is 0 Å². The van der Waals surface area contributed by atoms with E-state index in [9.17, 15) is 9.59 Å². The maximum Gasteiger partial charge on any atom is 0.257 e. The lowest BCUT2D eigenvalue weighted by Gasteiger charge is -2.27. The highest BCUT2D eigenvalue weighted by Gasteiger charge is 2.45. The van der Waals surface area contributed by atoms with Gasteiger partial charge < -0.3 is 0 Å². The molecule has 0 aromatic carbocycles. The molecule has 0 spiro atoms. The second-order valence-corrected chi connectivity index (χ2v) is 4.14. The van der Waals surface area contributed by atoms with Gasteiger partial charge in [0.25, 0.3) is 11.8 Å². The molecule has 1 atom stereocenters. The average molecular weight is 185 g/mol. The Hall–Kier alpha value is -0.900. The summed E-state index contributed by atoms with van der Waals surface area (Å²) in [5.74, 6) is -1.32. The minimum Gasteiger partial charge on any atom is -0.279 e. The lowest BCUT2D eigenvalue weighted by molar-refractivity contribution is -0.173.